The second kappa shape index (κ2) is 11.7. The van der Waals surface area contributed by atoms with Crippen LogP contribution in [0, 0.1) is 0 Å². The Kier molecular flexibility index (Phi) is 10.3. The molecule has 144 valence electrons. The number of ether oxygens (including phenoxy) is 1. The summed E-state index contributed by atoms with van der Waals surface area (Å²) in [6.07, 6.45) is 0.649. The maximum atomic E-state index is 10.2. The number of para-hydroxylation sites is 1. The van der Waals surface area contributed by atoms with Gasteiger partial charge in [-0.2, -0.15) is 0 Å². The van der Waals surface area contributed by atoms with Gasteiger partial charge in [0.1, 0.15) is 0 Å². The van der Waals surface area contributed by atoms with E-state index >= 15 is 0 Å². The Hall–Kier alpha value is -1.000. The van der Waals surface area contributed by atoms with Crippen LogP contribution in [-0.2, 0) is 13.0 Å². The van der Waals surface area contributed by atoms with E-state index in [-0.39, 0.29) is 29.7 Å². The molecule has 0 unspecified atom stereocenters. The fourth-order valence-electron chi connectivity index (χ4n) is 2.43. The number of aromatic hydroxyl groups is 1. The standard InChI is InChI=1S/C18H24BrN3O2S.HI/c1-4-20-18(22(2)12-14-8-9-16(19)25-14)21-11-10-13-6-5-7-15(24-3)17(13)23;/h5-9,23H,4,10-12H2,1-3H3,(H,20,21);1H. The third-order valence-electron chi connectivity index (χ3n) is 3.66. The topological polar surface area (TPSA) is 57.1 Å². The molecule has 0 saturated carbocycles. The lowest BCUT2D eigenvalue weighted by Crippen LogP contribution is -2.38. The summed E-state index contributed by atoms with van der Waals surface area (Å²) in [6.45, 7) is 4.24. The number of hydrogen-bond donors (Lipinski definition) is 2. The number of aliphatic imine (C=N–C) groups is 1. The van der Waals surface area contributed by atoms with Crippen LogP contribution >= 0.6 is 51.2 Å². The summed E-state index contributed by atoms with van der Waals surface area (Å²) in [4.78, 5) is 8.05. The van der Waals surface area contributed by atoms with Gasteiger partial charge in [0.05, 0.1) is 17.4 Å². The molecule has 0 atom stereocenters. The van der Waals surface area contributed by atoms with Crippen LogP contribution in [0.25, 0.3) is 0 Å². The Morgan fingerprint density at radius 2 is 2.12 bits per heavy atom. The van der Waals surface area contributed by atoms with Gasteiger partial charge in [0.15, 0.2) is 17.5 Å². The highest BCUT2D eigenvalue weighted by atomic mass is 127. The lowest BCUT2D eigenvalue weighted by atomic mass is 10.1. The van der Waals surface area contributed by atoms with Crippen LogP contribution in [0.1, 0.15) is 17.4 Å². The number of phenols is 1. The number of nitrogens with one attached hydrogen (secondary N) is 1. The SMILES string of the molecule is CCNC(=NCCc1cccc(OC)c1O)N(C)Cc1ccc(Br)s1.I. The fourth-order valence-corrected chi connectivity index (χ4v) is 3.97. The molecule has 0 aliphatic heterocycles. The number of guanidine groups is 1. The molecule has 0 saturated heterocycles. The molecule has 1 aromatic heterocycles. The van der Waals surface area contributed by atoms with E-state index in [4.69, 9.17) is 4.74 Å². The molecule has 0 fully saturated rings. The van der Waals surface area contributed by atoms with E-state index in [2.05, 4.69) is 50.2 Å². The summed E-state index contributed by atoms with van der Waals surface area (Å²) in [7, 11) is 3.58. The number of thiophene rings is 1. The number of methoxy groups -OCH3 is 1. The first-order chi connectivity index (χ1) is 12.0. The molecule has 0 radical (unpaired) electrons. The quantitative estimate of drug-likeness (QED) is 0.301. The van der Waals surface area contributed by atoms with Crippen LogP contribution in [0.4, 0.5) is 0 Å². The Morgan fingerprint density at radius 1 is 1.35 bits per heavy atom. The van der Waals surface area contributed by atoms with Crippen molar-refractivity contribution in [3.63, 3.8) is 0 Å². The van der Waals surface area contributed by atoms with Gasteiger partial charge in [0, 0.05) is 25.0 Å². The number of benzene rings is 1. The minimum absolute atomic E-state index is 0. The van der Waals surface area contributed by atoms with E-state index in [0.29, 0.717) is 18.7 Å². The highest BCUT2D eigenvalue weighted by Crippen LogP contribution is 2.29. The van der Waals surface area contributed by atoms with Crippen LogP contribution in [0.5, 0.6) is 11.5 Å². The number of phenolic OH excluding ortho intramolecular Hbond substituents is 1. The molecule has 1 heterocycles. The summed E-state index contributed by atoms with van der Waals surface area (Å²) in [5, 5.41) is 13.5. The molecule has 0 bridgehead atoms. The number of halogens is 2. The monoisotopic (exact) mass is 553 g/mol. The minimum atomic E-state index is 0. The summed E-state index contributed by atoms with van der Waals surface area (Å²) in [5.74, 6) is 1.55. The van der Waals surface area contributed by atoms with Crippen molar-refractivity contribution in [2.45, 2.75) is 19.9 Å². The average molecular weight is 554 g/mol. The smallest absolute Gasteiger partial charge is 0.193 e. The van der Waals surface area contributed by atoms with E-state index in [1.54, 1.807) is 24.5 Å². The Labute approximate surface area is 184 Å². The molecule has 1 aromatic carbocycles. The van der Waals surface area contributed by atoms with E-state index in [1.807, 2.05) is 19.2 Å². The number of nitrogens with zero attached hydrogens (tertiary/aromatic N) is 2. The fraction of sp³-hybridized carbons (Fsp3) is 0.389. The van der Waals surface area contributed by atoms with Gasteiger partial charge >= 0.3 is 0 Å². The van der Waals surface area contributed by atoms with Crippen molar-refractivity contribution in [1.82, 2.24) is 10.2 Å². The van der Waals surface area contributed by atoms with Crippen LogP contribution in [0.15, 0.2) is 39.1 Å². The van der Waals surface area contributed by atoms with Crippen molar-refractivity contribution < 1.29 is 9.84 Å². The summed E-state index contributed by atoms with van der Waals surface area (Å²) in [5.41, 5.74) is 0.837. The highest BCUT2D eigenvalue weighted by Gasteiger charge is 2.10. The van der Waals surface area contributed by atoms with Gasteiger partial charge in [-0.25, -0.2) is 0 Å². The zero-order chi connectivity index (χ0) is 18.2. The molecule has 2 rings (SSSR count). The zero-order valence-corrected chi connectivity index (χ0v) is 19.9. The lowest BCUT2D eigenvalue weighted by molar-refractivity contribution is 0.370. The van der Waals surface area contributed by atoms with Crippen molar-refractivity contribution in [2.75, 3.05) is 27.2 Å². The Bertz CT molecular complexity index is 724. The largest absolute Gasteiger partial charge is 0.504 e. The molecule has 0 aliphatic carbocycles. The molecule has 5 nitrogen and oxygen atoms in total. The van der Waals surface area contributed by atoms with Crippen LogP contribution < -0.4 is 10.1 Å². The number of rotatable bonds is 7. The van der Waals surface area contributed by atoms with Crippen molar-refractivity contribution in [2.24, 2.45) is 4.99 Å². The van der Waals surface area contributed by atoms with Gasteiger partial charge in [-0.3, -0.25) is 4.99 Å². The Balaban J connectivity index is 0.00000338. The van der Waals surface area contributed by atoms with Crippen LogP contribution in [0.3, 0.4) is 0 Å². The second-order valence-electron chi connectivity index (χ2n) is 5.52. The molecular weight excluding hydrogens is 529 g/mol. The van der Waals surface area contributed by atoms with Crippen molar-refractivity contribution in [3.05, 3.63) is 44.6 Å². The third-order valence-corrected chi connectivity index (χ3v) is 5.27. The molecule has 8 heteroatoms. The van der Waals surface area contributed by atoms with Gasteiger partial charge in [-0.15, -0.1) is 35.3 Å². The minimum Gasteiger partial charge on any atom is -0.504 e. The summed E-state index contributed by atoms with van der Waals surface area (Å²) >= 11 is 5.22. The second-order valence-corrected chi connectivity index (χ2v) is 8.06. The first-order valence-corrected chi connectivity index (χ1v) is 9.74. The third kappa shape index (κ3) is 6.62. The lowest BCUT2D eigenvalue weighted by Gasteiger charge is -2.21. The molecule has 0 amide bonds. The molecule has 2 aromatic rings. The predicted octanol–water partition coefficient (Wildman–Crippen LogP) is 4.48. The van der Waals surface area contributed by atoms with E-state index < -0.39 is 0 Å². The van der Waals surface area contributed by atoms with Gasteiger partial charge in [-0.1, -0.05) is 12.1 Å². The first kappa shape index (κ1) is 23.0. The van der Waals surface area contributed by atoms with E-state index in [9.17, 15) is 5.11 Å². The van der Waals surface area contributed by atoms with E-state index in [0.717, 1.165) is 28.4 Å². The molecule has 0 aliphatic rings. The Morgan fingerprint density at radius 3 is 2.73 bits per heavy atom. The highest BCUT2D eigenvalue weighted by molar-refractivity contribution is 14.0. The summed E-state index contributed by atoms with van der Waals surface area (Å²) < 4.78 is 6.28. The maximum Gasteiger partial charge on any atom is 0.193 e. The van der Waals surface area contributed by atoms with E-state index in [1.165, 1.54) is 4.88 Å². The normalized spacial score (nSPS) is 11.0. The first-order valence-electron chi connectivity index (χ1n) is 8.13. The van der Waals surface area contributed by atoms with Gasteiger partial charge in [-0.05, 0) is 53.0 Å². The molecular formula is C18H25BrIN3O2S. The zero-order valence-electron chi connectivity index (χ0n) is 15.2. The van der Waals surface area contributed by atoms with Crippen molar-refractivity contribution in [1.29, 1.82) is 0 Å². The molecule has 2 N–H and O–H groups in total. The maximum absolute atomic E-state index is 10.2. The van der Waals surface area contributed by atoms with Gasteiger partial charge in [0.25, 0.3) is 0 Å². The molecule has 26 heavy (non-hydrogen) atoms. The van der Waals surface area contributed by atoms with Crippen LogP contribution in [0.2, 0.25) is 0 Å². The van der Waals surface area contributed by atoms with Crippen molar-refractivity contribution in [3.8, 4) is 11.5 Å². The van der Waals surface area contributed by atoms with Crippen molar-refractivity contribution >= 4 is 57.2 Å². The van der Waals surface area contributed by atoms with Gasteiger partial charge in [0.2, 0.25) is 0 Å². The van der Waals surface area contributed by atoms with Crippen LogP contribution in [-0.4, -0.2) is 43.2 Å². The van der Waals surface area contributed by atoms with Gasteiger partial charge < -0.3 is 20.1 Å². The molecule has 0 spiro atoms. The summed E-state index contributed by atoms with van der Waals surface area (Å²) in [6, 6.07) is 9.70. The average Bonchev–Trinajstić information content (AvgIpc) is 3.00. The predicted molar refractivity (Wildman–Crippen MR) is 123 cm³/mol. The number of hydrogen-bond acceptors (Lipinski definition) is 4.